The molecule has 0 saturated carbocycles. The van der Waals surface area contributed by atoms with Gasteiger partial charge in [-0.2, -0.15) is 4.37 Å². The molecule has 0 spiro atoms. The zero-order chi connectivity index (χ0) is 10.1. The van der Waals surface area contributed by atoms with E-state index < -0.39 is 5.97 Å². The van der Waals surface area contributed by atoms with Crippen molar-refractivity contribution in [1.82, 2.24) is 4.37 Å². The zero-order valence-corrected chi connectivity index (χ0v) is 8.17. The molecule has 1 N–H and O–H groups in total. The summed E-state index contributed by atoms with van der Waals surface area (Å²) in [6.45, 7) is 1.88. The van der Waals surface area contributed by atoms with Crippen LogP contribution in [0.2, 0.25) is 0 Å². The van der Waals surface area contributed by atoms with Gasteiger partial charge in [-0.1, -0.05) is 0 Å². The maximum absolute atomic E-state index is 10.5. The Morgan fingerprint density at radius 2 is 2.36 bits per heavy atom. The van der Waals surface area contributed by atoms with Crippen molar-refractivity contribution in [2.24, 2.45) is 0 Å². The zero-order valence-electron chi connectivity index (χ0n) is 7.35. The minimum Gasteiger partial charge on any atom is -0.475 e. The second-order valence-corrected chi connectivity index (χ2v) is 3.61. The number of aryl methyl sites for hydroxylation is 1. The minimum atomic E-state index is -1.06. The summed E-state index contributed by atoms with van der Waals surface area (Å²) >= 11 is 1.29. The van der Waals surface area contributed by atoms with Gasteiger partial charge in [-0.05, 0) is 36.7 Å². The van der Waals surface area contributed by atoms with Crippen LogP contribution in [0.1, 0.15) is 16.2 Å². The molecule has 0 aliphatic rings. The Bertz CT molecular complexity index is 472. The molecular formula is C9H7NO3S. The molecule has 14 heavy (non-hydrogen) atoms. The molecule has 0 unspecified atom stereocenters. The van der Waals surface area contributed by atoms with Gasteiger partial charge in [0.25, 0.3) is 0 Å². The topological polar surface area (TPSA) is 63.3 Å². The van der Waals surface area contributed by atoms with E-state index in [2.05, 4.69) is 4.37 Å². The van der Waals surface area contributed by atoms with Crippen LogP contribution in [0.15, 0.2) is 22.6 Å². The number of aromatic carboxylic acids is 1. The third-order valence-corrected chi connectivity index (χ3v) is 2.58. The molecule has 2 heterocycles. The fourth-order valence-electron chi connectivity index (χ4n) is 1.06. The highest BCUT2D eigenvalue weighted by molar-refractivity contribution is 7.09. The first kappa shape index (κ1) is 8.96. The first-order valence-corrected chi connectivity index (χ1v) is 4.71. The van der Waals surface area contributed by atoms with E-state index in [-0.39, 0.29) is 5.76 Å². The van der Waals surface area contributed by atoms with Crippen molar-refractivity contribution in [2.75, 3.05) is 0 Å². The fraction of sp³-hybridized carbons (Fsp3) is 0.111. The summed E-state index contributed by atoms with van der Waals surface area (Å²) in [5, 5.41) is 8.64. The van der Waals surface area contributed by atoms with Gasteiger partial charge in [0.05, 0.1) is 10.6 Å². The smallest absolute Gasteiger partial charge is 0.371 e. The molecule has 2 aromatic rings. The molecule has 4 nitrogen and oxygen atoms in total. The van der Waals surface area contributed by atoms with Crippen molar-refractivity contribution in [1.29, 1.82) is 0 Å². The van der Waals surface area contributed by atoms with Crippen LogP contribution in [-0.4, -0.2) is 15.4 Å². The van der Waals surface area contributed by atoms with Gasteiger partial charge >= 0.3 is 5.97 Å². The van der Waals surface area contributed by atoms with Gasteiger partial charge in [0, 0.05) is 0 Å². The summed E-state index contributed by atoms with van der Waals surface area (Å²) in [4.78, 5) is 11.4. The molecule has 0 saturated heterocycles. The van der Waals surface area contributed by atoms with E-state index >= 15 is 0 Å². The molecule has 2 rings (SSSR count). The lowest BCUT2D eigenvalue weighted by atomic mass is 10.3. The summed E-state index contributed by atoms with van der Waals surface area (Å²) < 4.78 is 9.20. The average molecular weight is 209 g/mol. The van der Waals surface area contributed by atoms with Crippen LogP contribution in [0.3, 0.4) is 0 Å². The van der Waals surface area contributed by atoms with Crippen molar-refractivity contribution in [2.45, 2.75) is 6.92 Å². The molecule has 0 aliphatic heterocycles. The number of nitrogens with zero attached hydrogens (tertiary/aromatic N) is 1. The molecule has 0 aliphatic carbocycles. The number of carboxylic acid groups (broad SMARTS) is 1. The predicted molar refractivity (Wildman–Crippen MR) is 51.5 cm³/mol. The molecule has 0 radical (unpaired) electrons. The van der Waals surface area contributed by atoms with Gasteiger partial charge in [0.1, 0.15) is 5.76 Å². The largest absolute Gasteiger partial charge is 0.475 e. The molecule has 72 valence electrons. The summed E-state index contributed by atoms with van der Waals surface area (Å²) in [5.74, 6) is -0.559. The second-order valence-electron chi connectivity index (χ2n) is 2.80. The number of hydrogen-bond donors (Lipinski definition) is 1. The van der Waals surface area contributed by atoms with E-state index in [4.69, 9.17) is 9.52 Å². The monoisotopic (exact) mass is 209 g/mol. The van der Waals surface area contributed by atoms with E-state index in [1.807, 2.05) is 13.0 Å². The maximum atomic E-state index is 10.5. The van der Waals surface area contributed by atoms with Crippen LogP contribution in [0.5, 0.6) is 0 Å². The second kappa shape index (κ2) is 3.26. The van der Waals surface area contributed by atoms with E-state index in [9.17, 15) is 4.79 Å². The maximum Gasteiger partial charge on any atom is 0.371 e. The normalized spacial score (nSPS) is 10.4. The van der Waals surface area contributed by atoms with Crippen molar-refractivity contribution < 1.29 is 14.3 Å². The van der Waals surface area contributed by atoms with Crippen LogP contribution in [0.25, 0.3) is 10.6 Å². The van der Waals surface area contributed by atoms with Crippen LogP contribution < -0.4 is 0 Å². The minimum absolute atomic E-state index is 0.0500. The number of carbonyl (C=O) groups is 1. The van der Waals surface area contributed by atoms with Crippen molar-refractivity contribution in [3.05, 3.63) is 29.7 Å². The molecule has 0 amide bonds. The Kier molecular flexibility index (Phi) is 2.09. The molecule has 5 heteroatoms. The first-order valence-electron chi connectivity index (χ1n) is 3.93. The molecule has 2 aromatic heterocycles. The standard InChI is InChI=1S/C9H7NO3S/c1-5-4-8(14-10-5)6-2-3-7(13-6)9(11)12/h2-4H,1H3,(H,11,12). The van der Waals surface area contributed by atoms with Crippen LogP contribution in [-0.2, 0) is 0 Å². The highest BCUT2D eigenvalue weighted by Crippen LogP contribution is 2.26. The van der Waals surface area contributed by atoms with Gasteiger partial charge in [-0.25, -0.2) is 4.79 Å². The molecule has 0 atom stereocenters. The van der Waals surface area contributed by atoms with Gasteiger partial charge < -0.3 is 9.52 Å². The lowest BCUT2D eigenvalue weighted by molar-refractivity contribution is 0.0663. The Labute approximate surface area is 84.0 Å². The lowest BCUT2D eigenvalue weighted by Gasteiger charge is -1.87. The van der Waals surface area contributed by atoms with Crippen molar-refractivity contribution in [3.8, 4) is 10.6 Å². The number of aromatic nitrogens is 1. The van der Waals surface area contributed by atoms with Crippen LogP contribution in [0, 0.1) is 6.92 Å². The summed E-state index contributed by atoms with van der Waals surface area (Å²) in [7, 11) is 0. The van der Waals surface area contributed by atoms with Gasteiger partial charge in [-0.3, -0.25) is 0 Å². The first-order chi connectivity index (χ1) is 6.66. The van der Waals surface area contributed by atoms with Crippen molar-refractivity contribution in [3.63, 3.8) is 0 Å². The Balaban J connectivity index is 2.38. The SMILES string of the molecule is Cc1cc(-c2ccc(C(=O)O)o2)sn1. The Morgan fingerprint density at radius 3 is 2.86 bits per heavy atom. The molecular weight excluding hydrogens is 202 g/mol. The highest BCUT2D eigenvalue weighted by Gasteiger charge is 2.11. The van der Waals surface area contributed by atoms with Crippen molar-refractivity contribution >= 4 is 17.5 Å². The number of rotatable bonds is 2. The molecule has 0 aromatic carbocycles. The number of furan rings is 1. The van der Waals surface area contributed by atoms with E-state index in [0.717, 1.165) is 10.6 Å². The summed E-state index contributed by atoms with van der Waals surface area (Å²) in [6.07, 6.45) is 0. The average Bonchev–Trinajstić information content (AvgIpc) is 2.70. The van der Waals surface area contributed by atoms with E-state index in [1.54, 1.807) is 6.07 Å². The number of carboxylic acids is 1. The van der Waals surface area contributed by atoms with Gasteiger partial charge in [0.15, 0.2) is 0 Å². The molecule has 0 bridgehead atoms. The third-order valence-electron chi connectivity index (χ3n) is 1.69. The highest BCUT2D eigenvalue weighted by atomic mass is 32.1. The quantitative estimate of drug-likeness (QED) is 0.824. The van der Waals surface area contributed by atoms with E-state index in [1.165, 1.54) is 17.6 Å². The van der Waals surface area contributed by atoms with Gasteiger partial charge in [-0.15, -0.1) is 0 Å². The predicted octanol–water partition coefficient (Wildman–Crippen LogP) is 2.41. The Morgan fingerprint density at radius 1 is 1.57 bits per heavy atom. The van der Waals surface area contributed by atoms with Crippen LogP contribution >= 0.6 is 11.5 Å². The Hall–Kier alpha value is -1.62. The fourth-order valence-corrected chi connectivity index (χ4v) is 1.78. The summed E-state index contributed by atoms with van der Waals surface area (Å²) in [5.41, 5.74) is 0.901. The molecule has 0 fully saturated rings. The third kappa shape index (κ3) is 1.54. The van der Waals surface area contributed by atoms with Crippen LogP contribution in [0.4, 0.5) is 0 Å². The van der Waals surface area contributed by atoms with Gasteiger partial charge in [0.2, 0.25) is 5.76 Å². The summed E-state index contributed by atoms with van der Waals surface area (Å²) in [6, 6.07) is 4.93. The van der Waals surface area contributed by atoms with E-state index in [0.29, 0.717) is 5.76 Å². The number of hydrogen-bond acceptors (Lipinski definition) is 4. The lowest BCUT2D eigenvalue weighted by Crippen LogP contribution is -1.91.